The van der Waals surface area contributed by atoms with Gasteiger partial charge in [-0.25, -0.2) is 0 Å². The van der Waals surface area contributed by atoms with E-state index in [1.54, 1.807) is 18.2 Å². The van der Waals surface area contributed by atoms with Crippen molar-refractivity contribution in [3.8, 4) is 22.4 Å². The van der Waals surface area contributed by atoms with E-state index in [0.717, 1.165) is 6.07 Å². The molecule has 0 aliphatic carbocycles. The number of non-ortho nitro benzene ring substituents is 1. The summed E-state index contributed by atoms with van der Waals surface area (Å²) in [5, 5.41) is 14.3. The monoisotopic (exact) mass is 400 g/mol. The molecule has 0 radical (unpaired) electrons. The van der Waals surface area contributed by atoms with Crippen LogP contribution in [0.1, 0.15) is 5.69 Å². The summed E-state index contributed by atoms with van der Waals surface area (Å²) < 4.78 is 41.4. The Hall–Kier alpha value is -3.95. The Morgan fingerprint density at radius 1 is 1.00 bits per heavy atom. The summed E-state index contributed by atoms with van der Waals surface area (Å²) in [7, 11) is 0. The molecule has 0 bridgehead atoms. The second kappa shape index (κ2) is 6.59. The van der Waals surface area contributed by atoms with Gasteiger partial charge in [0.15, 0.2) is 5.69 Å². The smallest absolute Gasteiger partial charge is 0.339 e. The molecule has 0 fully saturated rings. The molecule has 1 N–H and O–H groups in total. The van der Waals surface area contributed by atoms with Gasteiger partial charge in [-0.2, -0.15) is 22.8 Å². The number of benzene rings is 2. The first kappa shape index (κ1) is 18.4. The molecule has 7 nitrogen and oxygen atoms in total. The second-order valence-electron chi connectivity index (χ2n) is 6.17. The van der Waals surface area contributed by atoms with Crippen LogP contribution >= 0.6 is 0 Å². The zero-order chi connectivity index (χ0) is 20.8. The van der Waals surface area contributed by atoms with Crippen molar-refractivity contribution in [2.75, 3.05) is 0 Å². The maximum absolute atomic E-state index is 13.6. The molecule has 0 unspecified atom stereocenters. The SMILES string of the molecule is O=c1cc(-c2ccc([N+](=O)[O-])cc2)[nH]c2c(-c3ccccc3)c(C(F)(F)F)nn12. The van der Waals surface area contributed by atoms with Gasteiger partial charge < -0.3 is 4.98 Å². The maximum Gasteiger partial charge on any atom is 0.435 e. The minimum atomic E-state index is -4.77. The van der Waals surface area contributed by atoms with Gasteiger partial charge in [-0.05, 0) is 23.3 Å². The second-order valence-corrected chi connectivity index (χ2v) is 6.17. The number of nitro groups is 1. The Kier molecular flexibility index (Phi) is 4.18. The fraction of sp³-hybridized carbons (Fsp3) is 0.0526. The molecule has 4 rings (SSSR count). The highest BCUT2D eigenvalue weighted by molar-refractivity contribution is 5.81. The molecular formula is C19H11F3N4O3. The lowest BCUT2D eigenvalue weighted by Crippen LogP contribution is -2.15. The number of fused-ring (bicyclic) bond motifs is 1. The van der Waals surface area contributed by atoms with Crippen LogP contribution in [0.5, 0.6) is 0 Å². The number of nitrogens with zero attached hydrogens (tertiary/aromatic N) is 3. The minimum absolute atomic E-state index is 0.121. The molecule has 4 aromatic rings. The van der Waals surface area contributed by atoms with Gasteiger partial charge in [-0.15, -0.1) is 0 Å². The first-order valence-corrected chi connectivity index (χ1v) is 8.29. The van der Waals surface area contributed by atoms with E-state index >= 15 is 0 Å². The van der Waals surface area contributed by atoms with Gasteiger partial charge in [0.2, 0.25) is 0 Å². The Morgan fingerprint density at radius 2 is 1.66 bits per heavy atom. The van der Waals surface area contributed by atoms with Crippen LogP contribution in [0.2, 0.25) is 0 Å². The number of rotatable bonds is 3. The van der Waals surface area contributed by atoms with Crippen molar-refractivity contribution < 1.29 is 18.1 Å². The molecule has 2 aromatic carbocycles. The van der Waals surface area contributed by atoms with Crippen LogP contribution in [-0.4, -0.2) is 19.5 Å². The molecule has 0 saturated heterocycles. The van der Waals surface area contributed by atoms with Gasteiger partial charge in [0, 0.05) is 18.2 Å². The third kappa shape index (κ3) is 3.24. The maximum atomic E-state index is 13.6. The quantitative estimate of drug-likeness (QED) is 0.410. The highest BCUT2D eigenvalue weighted by Gasteiger charge is 2.39. The molecule has 0 spiro atoms. The van der Waals surface area contributed by atoms with E-state index in [4.69, 9.17) is 0 Å². The molecule has 0 aliphatic heterocycles. The zero-order valence-electron chi connectivity index (χ0n) is 14.5. The fourth-order valence-corrected chi connectivity index (χ4v) is 3.04. The van der Waals surface area contributed by atoms with Gasteiger partial charge in [0.05, 0.1) is 16.2 Å². The summed E-state index contributed by atoms with van der Waals surface area (Å²) in [6.07, 6.45) is -4.77. The van der Waals surface area contributed by atoms with E-state index < -0.39 is 22.4 Å². The van der Waals surface area contributed by atoms with E-state index in [1.807, 2.05) is 0 Å². The number of H-pyrrole nitrogens is 1. The summed E-state index contributed by atoms with van der Waals surface area (Å²) in [6, 6.07) is 14.2. The summed E-state index contributed by atoms with van der Waals surface area (Å²) in [5.74, 6) is 0. The predicted molar refractivity (Wildman–Crippen MR) is 98.3 cm³/mol. The fourth-order valence-electron chi connectivity index (χ4n) is 3.04. The molecule has 2 aromatic heterocycles. The lowest BCUT2D eigenvalue weighted by molar-refractivity contribution is -0.384. The number of alkyl halides is 3. The first-order chi connectivity index (χ1) is 13.8. The lowest BCUT2D eigenvalue weighted by atomic mass is 10.1. The van der Waals surface area contributed by atoms with E-state index in [0.29, 0.717) is 10.1 Å². The standard InChI is InChI=1S/C19H11F3N4O3/c20-19(21,22)17-16(12-4-2-1-3-5-12)18-23-14(10-15(27)25(18)24-17)11-6-8-13(9-7-11)26(28)29/h1-10,23H. The van der Waals surface area contributed by atoms with Crippen molar-refractivity contribution in [3.63, 3.8) is 0 Å². The third-order valence-electron chi connectivity index (χ3n) is 4.34. The number of hydrogen-bond acceptors (Lipinski definition) is 4. The summed E-state index contributed by atoms with van der Waals surface area (Å²) in [4.78, 5) is 25.5. The minimum Gasteiger partial charge on any atom is -0.339 e. The van der Waals surface area contributed by atoms with Crippen molar-refractivity contribution in [1.29, 1.82) is 0 Å². The van der Waals surface area contributed by atoms with Crippen LogP contribution in [0, 0.1) is 10.1 Å². The first-order valence-electron chi connectivity index (χ1n) is 8.29. The topological polar surface area (TPSA) is 93.3 Å². The number of nitro benzene ring substituents is 1. The van der Waals surface area contributed by atoms with Gasteiger partial charge >= 0.3 is 6.18 Å². The predicted octanol–water partition coefficient (Wildman–Crippen LogP) is 4.28. The highest BCUT2D eigenvalue weighted by atomic mass is 19.4. The number of aromatic nitrogens is 3. The summed E-state index contributed by atoms with van der Waals surface area (Å²) in [5.41, 5.74) is -1.61. The van der Waals surface area contributed by atoms with Crippen LogP contribution < -0.4 is 5.56 Å². The lowest BCUT2D eigenvalue weighted by Gasteiger charge is -2.07. The third-order valence-corrected chi connectivity index (χ3v) is 4.34. The largest absolute Gasteiger partial charge is 0.435 e. The van der Waals surface area contributed by atoms with Gasteiger partial charge in [0.25, 0.3) is 11.2 Å². The average molecular weight is 400 g/mol. The summed E-state index contributed by atoms with van der Waals surface area (Å²) >= 11 is 0. The van der Waals surface area contributed by atoms with E-state index in [-0.39, 0.29) is 28.2 Å². The molecule has 146 valence electrons. The number of nitrogens with one attached hydrogen (secondary N) is 1. The molecule has 0 atom stereocenters. The highest BCUT2D eigenvalue weighted by Crippen LogP contribution is 2.38. The number of aromatic amines is 1. The van der Waals surface area contributed by atoms with Crippen LogP contribution in [0.25, 0.3) is 28.0 Å². The number of hydrogen-bond donors (Lipinski definition) is 1. The number of halogens is 3. The normalized spacial score (nSPS) is 11.7. The zero-order valence-corrected chi connectivity index (χ0v) is 14.5. The Morgan fingerprint density at radius 3 is 2.24 bits per heavy atom. The van der Waals surface area contributed by atoms with Gasteiger partial charge in [0.1, 0.15) is 5.65 Å². The van der Waals surface area contributed by atoms with Gasteiger partial charge in [-0.3, -0.25) is 14.9 Å². The molecule has 0 aliphatic rings. The van der Waals surface area contributed by atoms with Crippen molar-refractivity contribution in [2.24, 2.45) is 0 Å². The van der Waals surface area contributed by atoms with Crippen molar-refractivity contribution >= 4 is 11.3 Å². The molecular weight excluding hydrogens is 389 g/mol. The average Bonchev–Trinajstić information content (AvgIpc) is 3.09. The molecule has 10 heteroatoms. The molecule has 0 amide bonds. The van der Waals surface area contributed by atoms with E-state index in [9.17, 15) is 28.1 Å². The van der Waals surface area contributed by atoms with Crippen LogP contribution in [0.3, 0.4) is 0 Å². The Labute approximate surface area is 160 Å². The van der Waals surface area contributed by atoms with E-state index in [1.165, 1.54) is 36.4 Å². The Bertz CT molecular complexity index is 1280. The van der Waals surface area contributed by atoms with E-state index in [2.05, 4.69) is 10.1 Å². The molecule has 0 saturated carbocycles. The molecule has 29 heavy (non-hydrogen) atoms. The molecule has 2 heterocycles. The van der Waals surface area contributed by atoms with Crippen molar-refractivity contribution in [3.05, 3.63) is 86.8 Å². The van der Waals surface area contributed by atoms with Gasteiger partial charge in [-0.1, -0.05) is 30.3 Å². The van der Waals surface area contributed by atoms with Crippen molar-refractivity contribution in [2.45, 2.75) is 6.18 Å². The Balaban J connectivity index is 1.99. The van der Waals surface area contributed by atoms with Crippen LogP contribution in [0.4, 0.5) is 18.9 Å². The van der Waals surface area contributed by atoms with Crippen molar-refractivity contribution in [1.82, 2.24) is 14.6 Å². The summed E-state index contributed by atoms with van der Waals surface area (Å²) in [6.45, 7) is 0. The van der Waals surface area contributed by atoms with Crippen LogP contribution in [-0.2, 0) is 6.18 Å². The van der Waals surface area contributed by atoms with Crippen LogP contribution in [0.15, 0.2) is 65.5 Å².